The van der Waals surface area contributed by atoms with Crippen LogP contribution >= 0.6 is 0 Å². The van der Waals surface area contributed by atoms with Crippen molar-refractivity contribution in [2.75, 3.05) is 0 Å². The number of ether oxygens (including phenoxy) is 1. The van der Waals surface area contributed by atoms with Crippen LogP contribution in [0.15, 0.2) is 0 Å². The van der Waals surface area contributed by atoms with Crippen LogP contribution in [-0.4, -0.2) is 12.2 Å². The molecule has 0 bridgehead atoms. The summed E-state index contributed by atoms with van der Waals surface area (Å²) in [5.74, 6) is 5.25. The summed E-state index contributed by atoms with van der Waals surface area (Å²) in [6, 6.07) is 0. The van der Waals surface area contributed by atoms with Gasteiger partial charge in [0.05, 0.1) is 12.2 Å². The first-order chi connectivity index (χ1) is 11.2. The number of hydrogen-bond donors (Lipinski definition) is 0. The summed E-state index contributed by atoms with van der Waals surface area (Å²) in [5.41, 5.74) is 0. The molecule has 7 unspecified atom stereocenters. The molecular formula is C22H40O. The Balaban J connectivity index is 1.50. The van der Waals surface area contributed by atoms with Crippen LogP contribution in [0, 0.1) is 29.6 Å². The summed E-state index contributed by atoms with van der Waals surface area (Å²) in [5, 5.41) is 0. The van der Waals surface area contributed by atoms with Gasteiger partial charge in [-0.2, -0.15) is 0 Å². The predicted octanol–water partition coefficient (Wildman–Crippen LogP) is 6.60. The first kappa shape index (κ1) is 17.8. The second kappa shape index (κ2) is 8.37. The van der Waals surface area contributed by atoms with Crippen molar-refractivity contribution < 1.29 is 4.74 Å². The van der Waals surface area contributed by atoms with E-state index in [1.54, 1.807) is 12.8 Å². The van der Waals surface area contributed by atoms with Crippen LogP contribution in [0.2, 0.25) is 0 Å². The van der Waals surface area contributed by atoms with E-state index in [1.807, 2.05) is 0 Å². The zero-order chi connectivity index (χ0) is 16.2. The third-order valence-electron chi connectivity index (χ3n) is 7.57. The number of fused-ring (bicyclic) bond motifs is 3. The second-order valence-electron chi connectivity index (χ2n) is 9.04. The molecule has 0 heterocycles. The van der Waals surface area contributed by atoms with Crippen molar-refractivity contribution in [2.45, 2.75) is 110 Å². The average molecular weight is 321 g/mol. The van der Waals surface area contributed by atoms with Crippen LogP contribution in [0.4, 0.5) is 0 Å². The minimum absolute atomic E-state index is 0.479. The zero-order valence-corrected chi connectivity index (χ0v) is 15.9. The fourth-order valence-electron chi connectivity index (χ4n) is 6.23. The van der Waals surface area contributed by atoms with Gasteiger partial charge in [0, 0.05) is 0 Å². The van der Waals surface area contributed by atoms with E-state index >= 15 is 0 Å². The monoisotopic (exact) mass is 320 g/mol. The van der Waals surface area contributed by atoms with E-state index in [-0.39, 0.29) is 0 Å². The van der Waals surface area contributed by atoms with Gasteiger partial charge in [0.1, 0.15) is 0 Å². The largest absolute Gasteiger partial charge is 0.375 e. The lowest BCUT2D eigenvalue weighted by atomic mass is 9.56. The number of rotatable bonds is 6. The molecule has 3 aliphatic rings. The highest BCUT2D eigenvalue weighted by atomic mass is 16.5. The summed E-state index contributed by atoms with van der Waals surface area (Å²) in [4.78, 5) is 0. The van der Waals surface area contributed by atoms with Gasteiger partial charge in [0.15, 0.2) is 0 Å². The Morgan fingerprint density at radius 1 is 0.870 bits per heavy atom. The summed E-state index contributed by atoms with van der Waals surface area (Å²) in [7, 11) is 0. The first-order valence-corrected chi connectivity index (χ1v) is 10.9. The third-order valence-corrected chi connectivity index (χ3v) is 7.57. The highest BCUT2D eigenvalue weighted by molar-refractivity contribution is 4.94. The summed E-state index contributed by atoms with van der Waals surface area (Å²) in [6.07, 6.45) is 18.2. The summed E-state index contributed by atoms with van der Waals surface area (Å²) < 4.78 is 6.41. The minimum atomic E-state index is 0.479. The lowest BCUT2D eigenvalue weighted by Crippen LogP contribution is -2.43. The highest BCUT2D eigenvalue weighted by Gasteiger charge is 2.44. The molecule has 134 valence electrons. The molecule has 0 aliphatic heterocycles. The number of unbranched alkanes of at least 4 members (excludes halogenated alkanes) is 1. The van der Waals surface area contributed by atoms with Crippen LogP contribution in [0.5, 0.6) is 0 Å². The smallest absolute Gasteiger partial charge is 0.0581 e. The van der Waals surface area contributed by atoms with Crippen molar-refractivity contribution in [1.82, 2.24) is 0 Å². The standard InChI is InChI=1S/C22H40O/c1-4-6-7-16(3)23-20-11-13-22-19(15-20)10-9-18-14-17(5-2)8-12-21(18)22/h16-22H,4-15H2,1-3H3. The van der Waals surface area contributed by atoms with Crippen molar-refractivity contribution in [2.24, 2.45) is 29.6 Å². The normalized spacial score (nSPS) is 41.9. The van der Waals surface area contributed by atoms with Crippen LogP contribution in [0.1, 0.15) is 97.8 Å². The molecule has 3 aliphatic carbocycles. The average Bonchev–Trinajstić information content (AvgIpc) is 2.59. The third kappa shape index (κ3) is 4.33. The Hall–Kier alpha value is -0.0400. The van der Waals surface area contributed by atoms with Crippen LogP contribution in [0.25, 0.3) is 0 Å². The second-order valence-corrected chi connectivity index (χ2v) is 9.04. The summed E-state index contributed by atoms with van der Waals surface area (Å²) >= 11 is 0. The maximum absolute atomic E-state index is 6.41. The minimum Gasteiger partial charge on any atom is -0.375 e. The highest BCUT2D eigenvalue weighted by Crippen LogP contribution is 2.53. The Kier molecular flexibility index (Phi) is 6.46. The Morgan fingerprint density at radius 2 is 1.57 bits per heavy atom. The van der Waals surface area contributed by atoms with Crippen molar-refractivity contribution in [3.8, 4) is 0 Å². The van der Waals surface area contributed by atoms with Crippen molar-refractivity contribution >= 4 is 0 Å². The molecule has 0 aromatic rings. The van der Waals surface area contributed by atoms with Crippen LogP contribution < -0.4 is 0 Å². The SMILES string of the molecule is CCCCC(C)OC1CCC2C(CCC3CC(CC)CCC32)C1. The van der Waals surface area contributed by atoms with E-state index in [2.05, 4.69) is 20.8 Å². The number of hydrogen-bond acceptors (Lipinski definition) is 1. The van der Waals surface area contributed by atoms with Gasteiger partial charge in [-0.05, 0) is 87.9 Å². The fraction of sp³-hybridized carbons (Fsp3) is 1.00. The topological polar surface area (TPSA) is 9.23 Å². The fourth-order valence-corrected chi connectivity index (χ4v) is 6.23. The maximum atomic E-state index is 6.41. The molecule has 1 heteroatoms. The molecule has 0 N–H and O–H groups in total. The van der Waals surface area contributed by atoms with E-state index in [1.165, 1.54) is 64.2 Å². The molecule has 0 saturated heterocycles. The molecule has 0 spiro atoms. The molecule has 1 nitrogen and oxygen atoms in total. The van der Waals surface area contributed by atoms with Crippen molar-refractivity contribution in [3.05, 3.63) is 0 Å². The zero-order valence-electron chi connectivity index (χ0n) is 15.9. The Labute approximate surface area is 144 Å². The van der Waals surface area contributed by atoms with Gasteiger partial charge in [-0.15, -0.1) is 0 Å². The lowest BCUT2D eigenvalue weighted by molar-refractivity contribution is -0.0772. The molecule has 23 heavy (non-hydrogen) atoms. The van der Waals surface area contributed by atoms with Gasteiger partial charge >= 0.3 is 0 Å². The molecule has 3 fully saturated rings. The van der Waals surface area contributed by atoms with Crippen LogP contribution in [0.3, 0.4) is 0 Å². The van der Waals surface area contributed by atoms with E-state index < -0.39 is 0 Å². The van der Waals surface area contributed by atoms with Gasteiger partial charge in [-0.25, -0.2) is 0 Å². The van der Waals surface area contributed by atoms with Crippen molar-refractivity contribution in [1.29, 1.82) is 0 Å². The molecular weight excluding hydrogens is 280 g/mol. The molecule has 3 rings (SSSR count). The van der Waals surface area contributed by atoms with E-state index in [9.17, 15) is 0 Å². The maximum Gasteiger partial charge on any atom is 0.0581 e. The molecule has 7 atom stereocenters. The Morgan fingerprint density at radius 3 is 2.26 bits per heavy atom. The van der Waals surface area contributed by atoms with Gasteiger partial charge in [-0.3, -0.25) is 0 Å². The van der Waals surface area contributed by atoms with E-state index in [0.717, 1.165) is 29.6 Å². The molecule has 0 radical (unpaired) electrons. The molecule has 0 amide bonds. The molecule has 0 aromatic heterocycles. The predicted molar refractivity (Wildman–Crippen MR) is 98.5 cm³/mol. The van der Waals surface area contributed by atoms with Gasteiger partial charge < -0.3 is 4.74 Å². The van der Waals surface area contributed by atoms with Crippen molar-refractivity contribution in [3.63, 3.8) is 0 Å². The van der Waals surface area contributed by atoms with Crippen LogP contribution in [-0.2, 0) is 4.74 Å². The van der Waals surface area contributed by atoms with Gasteiger partial charge in [-0.1, -0.05) is 39.5 Å². The first-order valence-electron chi connectivity index (χ1n) is 10.9. The Bertz CT molecular complexity index is 352. The van der Waals surface area contributed by atoms with E-state index in [4.69, 9.17) is 4.74 Å². The molecule has 0 aromatic carbocycles. The van der Waals surface area contributed by atoms with Gasteiger partial charge in [0.2, 0.25) is 0 Å². The lowest BCUT2D eigenvalue weighted by Gasteiger charge is -2.50. The summed E-state index contributed by atoms with van der Waals surface area (Å²) in [6.45, 7) is 6.98. The molecule has 3 saturated carbocycles. The van der Waals surface area contributed by atoms with E-state index in [0.29, 0.717) is 12.2 Å². The quantitative estimate of drug-likeness (QED) is 0.535. The van der Waals surface area contributed by atoms with Gasteiger partial charge in [0.25, 0.3) is 0 Å².